The van der Waals surface area contributed by atoms with Crippen LogP contribution in [0.25, 0.3) is 0 Å². The molecule has 21 heavy (non-hydrogen) atoms. The van der Waals surface area contributed by atoms with Crippen LogP contribution in [-0.2, 0) is 0 Å². The predicted molar refractivity (Wildman–Crippen MR) is 84.6 cm³/mol. The zero-order chi connectivity index (χ0) is 14.5. The van der Waals surface area contributed by atoms with Gasteiger partial charge in [-0.3, -0.25) is 4.79 Å². The van der Waals surface area contributed by atoms with Crippen LogP contribution < -0.4 is 10.2 Å². The Kier molecular flexibility index (Phi) is 4.73. The standard InChI is InChI=1S/C17H25N3O/c21-17(19-14-8-3-1-4-9-14)15-10-7-11-18-16(15)20-12-5-2-6-13-20/h7,10-11,14H,1-6,8-9,12-13H2,(H,19,21). The largest absolute Gasteiger partial charge is 0.356 e. The van der Waals surface area contributed by atoms with Gasteiger partial charge in [0.25, 0.3) is 5.91 Å². The van der Waals surface area contributed by atoms with E-state index in [-0.39, 0.29) is 5.91 Å². The predicted octanol–water partition coefficient (Wildman–Crippen LogP) is 3.13. The third kappa shape index (κ3) is 3.55. The van der Waals surface area contributed by atoms with Crippen LogP contribution in [-0.4, -0.2) is 30.0 Å². The number of piperidine rings is 1. The van der Waals surface area contributed by atoms with E-state index in [9.17, 15) is 4.79 Å². The molecule has 1 aliphatic heterocycles. The molecule has 0 bridgehead atoms. The summed E-state index contributed by atoms with van der Waals surface area (Å²) in [6.45, 7) is 2.03. The van der Waals surface area contributed by atoms with Gasteiger partial charge in [0.15, 0.2) is 0 Å². The minimum absolute atomic E-state index is 0.0515. The molecule has 1 saturated carbocycles. The molecule has 0 atom stereocenters. The SMILES string of the molecule is O=C(NC1CCCCC1)c1cccnc1N1CCCCC1. The number of rotatable bonds is 3. The maximum Gasteiger partial charge on any atom is 0.255 e. The summed E-state index contributed by atoms with van der Waals surface area (Å²) in [5.74, 6) is 0.918. The zero-order valence-corrected chi connectivity index (χ0v) is 12.7. The lowest BCUT2D eigenvalue weighted by Crippen LogP contribution is -2.38. The fourth-order valence-corrected chi connectivity index (χ4v) is 3.44. The fourth-order valence-electron chi connectivity index (χ4n) is 3.44. The van der Waals surface area contributed by atoms with E-state index >= 15 is 0 Å². The Bertz CT molecular complexity index is 477. The lowest BCUT2D eigenvalue weighted by Gasteiger charge is -2.29. The van der Waals surface area contributed by atoms with E-state index in [1.807, 2.05) is 12.1 Å². The van der Waals surface area contributed by atoms with Gasteiger partial charge in [-0.1, -0.05) is 19.3 Å². The van der Waals surface area contributed by atoms with E-state index < -0.39 is 0 Å². The van der Waals surface area contributed by atoms with E-state index in [1.54, 1.807) is 6.20 Å². The number of hydrogen-bond donors (Lipinski definition) is 1. The quantitative estimate of drug-likeness (QED) is 0.929. The van der Waals surface area contributed by atoms with Gasteiger partial charge in [-0.15, -0.1) is 0 Å². The Morgan fingerprint density at radius 1 is 1.10 bits per heavy atom. The van der Waals surface area contributed by atoms with E-state index in [0.717, 1.165) is 37.3 Å². The molecule has 2 heterocycles. The highest BCUT2D eigenvalue weighted by atomic mass is 16.1. The van der Waals surface area contributed by atoms with Gasteiger partial charge in [-0.2, -0.15) is 0 Å². The topological polar surface area (TPSA) is 45.2 Å². The van der Waals surface area contributed by atoms with Crippen molar-refractivity contribution >= 4 is 11.7 Å². The van der Waals surface area contributed by atoms with Gasteiger partial charge in [-0.25, -0.2) is 4.98 Å². The van der Waals surface area contributed by atoms with Gasteiger partial charge in [0.1, 0.15) is 5.82 Å². The van der Waals surface area contributed by atoms with Crippen molar-refractivity contribution in [1.82, 2.24) is 10.3 Å². The smallest absolute Gasteiger partial charge is 0.255 e. The molecule has 2 fully saturated rings. The second-order valence-electron chi connectivity index (χ2n) is 6.23. The highest BCUT2D eigenvalue weighted by molar-refractivity contribution is 5.99. The number of pyridine rings is 1. The van der Waals surface area contributed by atoms with Crippen LogP contribution in [0.4, 0.5) is 5.82 Å². The van der Waals surface area contributed by atoms with Crippen LogP contribution in [0.5, 0.6) is 0 Å². The van der Waals surface area contributed by atoms with E-state index in [1.165, 1.54) is 38.5 Å². The monoisotopic (exact) mass is 287 g/mol. The fraction of sp³-hybridized carbons (Fsp3) is 0.647. The second kappa shape index (κ2) is 6.92. The van der Waals surface area contributed by atoms with Crippen molar-refractivity contribution in [3.8, 4) is 0 Å². The number of carbonyl (C=O) groups excluding carboxylic acids is 1. The second-order valence-corrected chi connectivity index (χ2v) is 6.23. The van der Waals surface area contributed by atoms with Crippen LogP contribution >= 0.6 is 0 Å². The van der Waals surface area contributed by atoms with Gasteiger partial charge in [0.2, 0.25) is 0 Å². The van der Waals surface area contributed by atoms with Gasteiger partial charge in [0, 0.05) is 25.3 Å². The Morgan fingerprint density at radius 2 is 1.81 bits per heavy atom. The third-order valence-corrected chi connectivity index (χ3v) is 4.63. The number of nitrogens with one attached hydrogen (secondary N) is 1. The first-order chi connectivity index (χ1) is 10.3. The first-order valence-electron chi connectivity index (χ1n) is 8.35. The Balaban J connectivity index is 1.72. The van der Waals surface area contributed by atoms with Crippen LogP contribution in [0.1, 0.15) is 61.7 Å². The number of hydrogen-bond acceptors (Lipinski definition) is 3. The van der Waals surface area contributed by atoms with Gasteiger partial charge >= 0.3 is 0 Å². The number of anilines is 1. The van der Waals surface area contributed by atoms with Gasteiger partial charge in [0.05, 0.1) is 5.56 Å². The maximum atomic E-state index is 12.6. The Labute approximate surface area is 126 Å². The summed E-state index contributed by atoms with van der Waals surface area (Å²) in [4.78, 5) is 19.3. The molecule has 1 N–H and O–H groups in total. The summed E-state index contributed by atoms with van der Waals surface area (Å²) in [6.07, 6.45) is 11.5. The summed E-state index contributed by atoms with van der Waals surface area (Å²) in [5, 5.41) is 3.21. The Morgan fingerprint density at radius 3 is 2.57 bits per heavy atom. The molecule has 1 aromatic rings. The molecule has 4 heteroatoms. The lowest BCUT2D eigenvalue weighted by molar-refractivity contribution is 0.0928. The van der Waals surface area contributed by atoms with Crippen molar-refractivity contribution < 1.29 is 4.79 Å². The van der Waals surface area contributed by atoms with Crippen molar-refractivity contribution in [2.75, 3.05) is 18.0 Å². The molecule has 0 unspecified atom stereocenters. The number of carbonyl (C=O) groups is 1. The molecule has 2 aliphatic rings. The molecule has 1 saturated heterocycles. The normalized spacial score (nSPS) is 20.3. The summed E-state index contributed by atoms with van der Waals surface area (Å²) in [5.41, 5.74) is 0.741. The number of nitrogens with zero attached hydrogens (tertiary/aromatic N) is 2. The van der Waals surface area contributed by atoms with Crippen LogP contribution in [0.15, 0.2) is 18.3 Å². The molecule has 4 nitrogen and oxygen atoms in total. The molecule has 0 radical (unpaired) electrons. The first-order valence-corrected chi connectivity index (χ1v) is 8.35. The average molecular weight is 287 g/mol. The number of aromatic nitrogens is 1. The summed E-state index contributed by atoms with van der Waals surface area (Å²) in [6, 6.07) is 4.12. The third-order valence-electron chi connectivity index (χ3n) is 4.63. The molecule has 1 aliphatic carbocycles. The summed E-state index contributed by atoms with van der Waals surface area (Å²) >= 11 is 0. The molecule has 114 valence electrons. The van der Waals surface area contributed by atoms with Gasteiger partial charge < -0.3 is 10.2 Å². The van der Waals surface area contributed by atoms with Crippen LogP contribution in [0, 0.1) is 0 Å². The lowest BCUT2D eigenvalue weighted by atomic mass is 9.95. The molecule has 1 amide bonds. The molecule has 3 rings (SSSR count). The van der Waals surface area contributed by atoms with E-state index in [2.05, 4.69) is 15.2 Å². The molecular weight excluding hydrogens is 262 g/mol. The zero-order valence-electron chi connectivity index (χ0n) is 12.7. The van der Waals surface area contributed by atoms with Crippen LogP contribution in [0.2, 0.25) is 0 Å². The van der Waals surface area contributed by atoms with E-state index in [4.69, 9.17) is 0 Å². The highest BCUT2D eigenvalue weighted by Gasteiger charge is 2.22. The van der Waals surface area contributed by atoms with Crippen molar-refractivity contribution in [3.05, 3.63) is 23.9 Å². The van der Waals surface area contributed by atoms with Crippen molar-refractivity contribution in [1.29, 1.82) is 0 Å². The first kappa shape index (κ1) is 14.4. The van der Waals surface area contributed by atoms with Crippen molar-refractivity contribution in [2.45, 2.75) is 57.4 Å². The summed E-state index contributed by atoms with van der Waals surface area (Å²) < 4.78 is 0. The van der Waals surface area contributed by atoms with Crippen molar-refractivity contribution in [2.24, 2.45) is 0 Å². The molecule has 1 aromatic heterocycles. The van der Waals surface area contributed by atoms with E-state index in [0.29, 0.717) is 6.04 Å². The molecular formula is C17H25N3O. The molecule has 0 spiro atoms. The number of amides is 1. The van der Waals surface area contributed by atoms with Gasteiger partial charge in [-0.05, 0) is 44.2 Å². The Hall–Kier alpha value is -1.58. The average Bonchev–Trinajstić information content (AvgIpc) is 2.56. The minimum atomic E-state index is 0.0515. The minimum Gasteiger partial charge on any atom is -0.356 e. The molecule has 0 aromatic carbocycles. The summed E-state index contributed by atoms with van der Waals surface area (Å²) in [7, 11) is 0. The maximum absolute atomic E-state index is 12.6. The van der Waals surface area contributed by atoms with Crippen LogP contribution in [0.3, 0.4) is 0 Å². The van der Waals surface area contributed by atoms with Crippen molar-refractivity contribution in [3.63, 3.8) is 0 Å². The highest BCUT2D eigenvalue weighted by Crippen LogP contribution is 2.23.